The molecular formula is C23H24N6S. The van der Waals surface area contributed by atoms with E-state index in [9.17, 15) is 0 Å². The van der Waals surface area contributed by atoms with Gasteiger partial charge in [-0.25, -0.2) is 0 Å². The van der Waals surface area contributed by atoms with Crippen LogP contribution >= 0.6 is 12.2 Å². The van der Waals surface area contributed by atoms with Gasteiger partial charge in [-0.1, -0.05) is 48.5 Å². The fourth-order valence-electron chi connectivity index (χ4n) is 3.23. The van der Waals surface area contributed by atoms with Crippen LogP contribution < -0.4 is 10.6 Å². The summed E-state index contributed by atoms with van der Waals surface area (Å²) >= 11 is 5.43. The molecule has 7 heteroatoms. The Morgan fingerprint density at radius 1 is 0.867 bits per heavy atom. The summed E-state index contributed by atoms with van der Waals surface area (Å²) in [5.74, 6) is 0.702. The van der Waals surface area contributed by atoms with Crippen LogP contribution in [0, 0.1) is 13.8 Å². The second-order valence-corrected chi connectivity index (χ2v) is 7.67. The van der Waals surface area contributed by atoms with E-state index in [1.165, 1.54) is 22.3 Å². The largest absolute Gasteiger partial charge is 0.330 e. The van der Waals surface area contributed by atoms with E-state index in [4.69, 9.17) is 12.2 Å². The van der Waals surface area contributed by atoms with Gasteiger partial charge in [0, 0.05) is 18.5 Å². The van der Waals surface area contributed by atoms with Crippen molar-refractivity contribution in [3.63, 3.8) is 0 Å². The van der Waals surface area contributed by atoms with Crippen LogP contribution in [0.5, 0.6) is 0 Å². The SMILES string of the molecule is Cc1ccccc1Cn1cc(NC(=S)Nc2ccn(Cc3ccccc3C)n2)cn1. The molecule has 0 radical (unpaired) electrons. The van der Waals surface area contributed by atoms with Crippen LogP contribution in [0.3, 0.4) is 0 Å². The fourth-order valence-corrected chi connectivity index (χ4v) is 3.46. The molecule has 0 bridgehead atoms. The summed E-state index contributed by atoms with van der Waals surface area (Å²) in [6.07, 6.45) is 5.65. The molecule has 0 aliphatic carbocycles. The van der Waals surface area contributed by atoms with Crippen molar-refractivity contribution in [2.45, 2.75) is 26.9 Å². The first-order chi connectivity index (χ1) is 14.6. The van der Waals surface area contributed by atoms with E-state index in [-0.39, 0.29) is 0 Å². The van der Waals surface area contributed by atoms with Gasteiger partial charge >= 0.3 is 0 Å². The average Bonchev–Trinajstić information content (AvgIpc) is 3.35. The fraction of sp³-hybridized carbons (Fsp3) is 0.174. The highest BCUT2D eigenvalue weighted by Crippen LogP contribution is 2.13. The lowest BCUT2D eigenvalue weighted by molar-refractivity contribution is 0.684. The Labute approximate surface area is 181 Å². The monoisotopic (exact) mass is 416 g/mol. The number of rotatable bonds is 6. The normalized spacial score (nSPS) is 10.7. The van der Waals surface area contributed by atoms with Crippen molar-refractivity contribution in [1.82, 2.24) is 19.6 Å². The first-order valence-electron chi connectivity index (χ1n) is 9.80. The zero-order valence-corrected chi connectivity index (χ0v) is 17.9. The summed E-state index contributed by atoms with van der Waals surface area (Å²) in [6.45, 7) is 5.66. The van der Waals surface area contributed by atoms with Gasteiger partial charge in [-0.15, -0.1) is 0 Å². The summed E-state index contributed by atoms with van der Waals surface area (Å²) in [5.41, 5.74) is 5.82. The molecule has 152 valence electrons. The van der Waals surface area contributed by atoms with E-state index in [2.05, 4.69) is 58.9 Å². The minimum atomic E-state index is 0.478. The predicted octanol–water partition coefficient (Wildman–Crippen LogP) is 4.60. The average molecular weight is 417 g/mol. The molecule has 6 nitrogen and oxygen atoms in total. The first-order valence-corrected chi connectivity index (χ1v) is 10.2. The number of nitrogens with one attached hydrogen (secondary N) is 2. The lowest BCUT2D eigenvalue weighted by Gasteiger charge is -2.07. The van der Waals surface area contributed by atoms with Gasteiger partial charge in [0.2, 0.25) is 0 Å². The maximum Gasteiger partial charge on any atom is 0.176 e. The van der Waals surface area contributed by atoms with Gasteiger partial charge in [-0.05, 0) is 48.3 Å². The molecule has 0 fully saturated rings. The maximum atomic E-state index is 5.43. The second-order valence-electron chi connectivity index (χ2n) is 7.26. The molecule has 30 heavy (non-hydrogen) atoms. The summed E-state index contributed by atoms with van der Waals surface area (Å²) < 4.78 is 3.79. The van der Waals surface area contributed by atoms with Gasteiger partial charge in [0.25, 0.3) is 0 Å². The number of benzene rings is 2. The third-order valence-electron chi connectivity index (χ3n) is 4.96. The topological polar surface area (TPSA) is 59.7 Å². The second kappa shape index (κ2) is 8.92. The molecule has 0 atom stereocenters. The lowest BCUT2D eigenvalue weighted by Crippen LogP contribution is -2.19. The van der Waals surface area contributed by atoms with E-state index in [0.29, 0.717) is 10.9 Å². The molecule has 0 aliphatic rings. The quantitative estimate of drug-likeness (QED) is 0.450. The zero-order chi connectivity index (χ0) is 20.9. The summed E-state index contributed by atoms with van der Waals surface area (Å²) in [7, 11) is 0. The highest BCUT2D eigenvalue weighted by Gasteiger charge is 2.06. The standard InChI is InChI=1S/C23H24N6S/c1-17-7-3-5-9-19(17)14-28-12-11-22(27-28)26-23(30)25-21-13-24-29(16-21)15-20-10-6-4-8-18(20)2/h3-13,16H,14-15H2,1-2H3,(H2,25,26,27,30). The van der Waals surface area contributed by atoms with Gasteiger partial charge in [-0.2, -0.15) is 10.2 Å². The molecule has 4 rings (SSSR count). The Balaban J connectivity index is 1.33. The molecule has 0 spiro atoms. The number of thiocarbonyl (C=S) groups is 1. The molecule has 0 saturated heterocycles. The van der Waals surface area contributed by atoms with Gasteiger partial charge in [0.15, 0.2) is 10.9 Å². The molecule has 0 aliphatic heterocycles. The molecule has 0 saturated carbocycles. The van der Waals surface area contributed by atoms with Crippen LogP contribution in [0.4, 0.5) is 11.5 Å². The van der Waals surface area contributed by atoms with Crippen molar-refractivity contribution in [2.75, 3.05) is 10.6 Å². The smallest absolute Gasteiger partial charge is 0.176 e. The highest BCUT2D eigenvalue weighted by molar-refractivity contribution is 7.80. The van der Waals surface area contributed by atoms with E-state index >= 15 is 0 Å². The molecule has 2 N–H and O–H groups in total. The number of hydrogen-bond donors (Lipinski definition) is 2. The van der Waals surface area contributed by atoms with Crippen LogP contribution in [0.15, 0.2) is 73.2 Å². The molecule has 0 amide bonds. The Hall–Kier alpha value is -3.45. The third kappa shape index (κ3) is 4.93. The number of aromatic nitrogens is 4. The van der Waals surface area contributed by atoms with Crippen molar-refractivity contribution in [2.24, 2.45) is 0 Å². The van der Waals surface area contributed by atoms with E-state index in [0.717, 1.165) is 18.8 Å². The third-order valence-corrected chi connectivity index (χ3v) is 5.16. The maximum absolute atomic E-state index is 5.43. The minimum Gasteiger partial charge on any atom is -0.330 e. The van der Waals surface area contributed by atoms with Crippen molar-refractivity contribution >= 4 is 28.8 Å². The Morgan fingerprint density at radius 2 is 1.50 bits per heavy atom. The van der Waals surface area contributed by atoms with Crippen molar-refractivity contribution in [3.05, 3.63) is 95.4 Å². The molecular weight excluding hydrogens is 392 g/mol. The molecule has 4 aromatic rings. The number of aryl methyl sites for hydroxylation is 2. The van der Waals surface area contributed by atoms with E-state index in [1.807, 2.05) is 52.1 Å². The van der Waals surface area contributed by atoms with E-state index < -0.39 is 0 Å². The molecule has 2 heterocycles. The van der Waals surface area contributed by atoms with Gasteiger partial charge < -0.3 is 10.6 Å². The number of anilines is 2. The summed E-state index contributed by atoms with van der Waals surface area (Å²) in [4.78, 5) is 0. The number of hydrogen-bond acceptors (Lipinski definition) is 3. The van der Waals surface area contributed by atoms with Crippen LogP contribution in [0.2, 0.25) is 0 Å². The number of nitrogens with zero attached hydrogens (tertiary/aromatic N) is 4. The van der Waals surface area contributed by atoms with E-state index in [1.54, 1.807) is 6.20 Å². The van der Waals surface area contributed by atoms with Crippen LogP contribution in [0.1, 0.15) is 22.3 Å². The Morgan fingerprint density at radius 3 is 2.17 bits per heavy atom. The minimum absolute atomic E-state index is 0.478. The molecule has 2 aromatic heterocycles. The first kappa shape index (κ1) is 19.8. The van der Waals surface area contributed by atoms with Crippen LogP contribution in [0.25, 0.3) is 0 Å². The molecule has 0 unspecified atom stereocenters. The zero-order valence-electron chi connectivity index (χ0n) is 17.0. The summed E-state index contributed by atoms with van der Waals surface area (Å²) in [5, 5.41) is 15.8. The highest BCUT2D eigenvalue weighted by atomic mass is 32.1. The predicted molar refractivity (Wildman–Crippen MR) is 125 cm³/mol. The molecule has 2 aromatic carbocycles. The van der Waals surface area contributed by atoms with Crippen molar-refractivity contribution < 1.29 is 0 Å². The van der Waals surface area contributed by atoms with Crippen LogP contribution in [-0.4, -0.2) is 24.7 Å². The summed E-state index contributed by atoms with van der Waals surface area (Å²) in [6, 6.07) is 18.5. The van der Waals surface area contributed by atoms with Gasteiger partial charge in [0.05, 0.1) is 25.0 Å². The van der Waals surface area contributed by atoms with Gasteiger partial charge in [-0.3, -0.25) is 9.36 Å². The Kier molecular flexibility index (Phi) is 5.90. The van der Waals surface area contributed by atoms with Crippen molar-refractivity contribution in [1.29, 1.82) is 0 Å². The van der Waals surface area contributed by atoms with Gasteiger partial charge in [0.1, 0.15) is 0 Å². The lowest BCUT2D eigenvalue weighted by atomic mass is 10.1. The van der Waals surface area contributed by atoms with Crippen molar-refractivity contribution in [3.8, 4) is 0 Å². The Bertz CT molecular complexity index is 1070. The van der Waals surface area contributed by atoms with Crippen LogP contribution in [-0.2, 0) is 13.1 Å².